The highest BCUT2D eigenvalue weighted by molar-refractivity contribution is 5.94. The summed E-state index contributed by atoms with van der Waals surface area (Å²) in [6.45, 7) is 16.4. The van der Waals surface area contributed by atoms with E-state index in [-0.39, 0.29) is 37.3 Å². The van der Waals surface area contributed by atoms with Gasteiger partial charge in [-0.15, -0.1) is 13.2 Å². The molecule has 1 aromatic rings. The lowest BCUT2D eigenvalue weighted by molar-refractivity contribution is -0.154. The fourth-order valence-corrected chi connectivity index (χ4v) is 4.48. The Morgan fingerprint density at radius 1 is 0.976 bits per heavy atom. The molecule has 10 nitrogen and oxygen atoms in total. The van der Waals surface area contributed by atoms with Gasteiger partial charge in [-0.05, 0) is 30.2 Å². The number of nitrogens with one attached hydrogen (secondary N) is 2. The molecule has 0 aliphatic heterocycles. The van der Waals surface area contributed by atoms with Crippen molar-refractivity contribution in [3.63, 3.8) is 0 Å². The number of nitrogens with zero attached hydrogens (tertiary/aromatic N) is 2. The molecule has 42 heavy (non-hydrogen) atoms. The number of ether oxygens (including phenoxy) is 1. The molecule has 0 saturated carbocycles. The van der Waals surface area contributed by atoms with E-state index in [0.29, 0.717) is 19.4 Å². The largest absolute Gasteiger partial charge is 0.467 e. The monoisotopic (exact) mass is 584 g/mol. The van der Waals surface area contributed by atoms with Gasteiger partial charge in [-0.3, -0.25) is 19.2 Å². The highest BCUT2D eigenvalue weighted by Crippen LogP contribution is 2.17. The van der Waals surface area contributed by atoms with Gasteiger partial charge in [0.2, 0.25) is 23.6 Å². The van der Waals surface area contributed by atoms with Crippen LogP contribution >= 0.6 is 0 Å². The second kappa shape index (κ2) is 18.5. The van der Waals surface area contributed by atoms with Gasteiger partial charge in [0.15, 0.2) is 0 Å². The van der Waals surface area contributed by atoms with Gasteiger partial charge in [-0.2, -0.15) is 0 Å². The average Bonchev–Trinajstić information content (AvgIpc) is 2.94. The van der Waals surface area contributed by atoms with E-state index in [4.69, 9.17) is 4.74 Å². The molecule has 0 heterocycles. The van der Waals surface area contributed by atoms with Crippen molar-refractivity contribution in [2.24, 2.45) is 11.8 Å². The van der Waals surface area contributed by atoms with Crippen LogP contribution in [0.2, 0.25) is 0 Å². The molecule has 232 valence electrons. The minimum Gasteiger partial charge on any atom is -0.467 e. The third-order valence-corrected chi connectivity index (χ3v) is 6.70. The minimum absolute atomic E-state index is 0.0718. The summed E-state index contributed by atoms with van der Waals surface area (Å²) in [4.78, 5) is 68.1. The zero-order valence-electron chi connectivity index (χ0n) is 25.9. The Morgan fingerprint density at radius 3 is 2.12 bits per heavy atom. The van der Waals surface area contributed by atoms with E-state index in [9.17, 15) is 24.0 Å². The predicted octanol–water partition coefficient (Wildman–Crippen LogP) is 2.88. The quantitative estimate of drug-likeness (QED) is 0.202. The molecular formula is C32H48N4O6. The maximum absolute atomic E-state index is 14.1. The molecule has 0 bridgehead atoms. The van der Waals surface area contributed by atoms with Gasteiger partial charge in [-0.1, -0.05) is 70.2 Å². The van der Waals surface area contributed by atoms with Crippen LogP contribution in [0.15, 0.2) is 55.6 Å². The highest BCUT2D eigenvalue weighted by atomic mass is 16.5. The molecule has 0 aliphatic carbocycles. The number of esters is 1. The molecule has 10 heteroatoms. The first-order chi connectivity index (χ1) is 19.9. The number of hydrogen-bond acceptors (Lipinski definition) is 6. The first-order valence-corrected chi connectivity index (χ1v) is 14.3. The summed E-state index contributed by atoms with van der Waals surface area (Å²) in [7, 11) is 1.27. The standard InChI is InChI=1S/C32H48N4O6/c1-9-11-18-35(24(7)37)21-28(38)34-29(23(5)6)30(39)33-26(20-25-15-13-12-14-16-25)31(40)36(17-10-2)27(19-22(3)4)32(41)42-8/h9-10,12-16,22-23,26-27,29H,1-2,11,17-21H2,3-8H3,(H,33,39)(H,34,38)/t26-,27+,29+/m1/s1. The molecule has 3 atom stereocenters. The normalized spacial score (nSPS) is 13.0. The van der Waals surface area contributed by atoms with E-state index in [1.165, 1.54) is 29.9 Å². The van der Waals surface area contributed by atoms with Crippen LogP contribution in [0.4, 0.5) is 0 Å². The number of rotatable bonds is 18. The Kier molecular flexibility index (Phi) is 15.9. The zero-order valence-corrected chi connectivity index (χ0v) is 25.9. The molecule has 0 radical (unpaired) electrons. The van der Waals surface area contributed by atoms with Crippen LogP contribution in [0.5, 0.6) is 0 Å². The van der Waals surface area contributed by atoms with E-state index in [2.05, 4.69) is 23.8 Å². The van der Waals surface area contributed by atoms with Crippen molar-refractivity contribution < 1.29 is 28.7 Å². The van der Waals surface area contributed by atoms with Gasteiger partial charge in [0, 0.05) is 26.4 Å². The molecule has 4 amide bonds. The molecule has 1 aromatic carbocycles. The molecule has 1 rings (SSSR count). The summed E-state index contributed by atoms with van der Waals surface area (Å²) in [6, 6.07) is 6.32. The maximum atomic E-state index is 14.1. The van der Waals surface area contributed by atoms with Gasteiger partial charge in [0.05, 0.1) is 13.7 Å². The second-order valence-electron chi connectivity index (χ2n) is 11.0. The summed E-state index contributed by atoms with van der Waals surface area (Å²) in [6.07, 6.45) is 4.23. The van der Waals surface area contributed by atoms with Gasteiger partial charge < -0.3 is 25.2 Å². The summed E-state index contributed by atoms with van der Waals surface area (Å²) in [5, 5.41) is 5.57. The number of benzene rings is 1. The Balaban J connectivity index is 3.33. The number of hydrogen-bond donors (Lipinski definition) is 2. The van der Waals surface area contributed by atoms with Crippen LogP contribution in [0.1, 0.15) is 53.0 Å². The predicted molar refractivity (Wildman–Crippen MR) is 163 cm³/mol. The second-order valence-corrected chi connectivity index (χ2v) is 11.0. The van der Waals surface area contributed by atoms with Crippen molar-refractivity contribution in [2.45, 2.75) is 72.0 Å². The van der Waals surface area contributed by atoms with Gasteiger partial charge in [0.1, 0.15) is 18.1 Å². The lowest BCUT2D eigenvalue weighted by Crippen LogP contribution is -2.59. The van der Waals surface area contributed by atoms with Crippen molar-refractivity contribution in [1.82, 2.24) is 20.4 Å². The smallest absolute Gasteiger partial charge is 0.328 e. The molecule has 2 N–H and O–H groups in total. The third kappa shape index (κ3) is 11.9. The van der Waals surface area contributed by atoms with E-state index in [0.717, 1.165) is 5.56 Å². The van der Waals surface area contributed by atoms with Crippen molar-refractivity contribution >= 4 is 29.6 Å². The first kappa shape index (κ1) is 36.1. The number of methoxy groups -OCH3 is 1. The summed E-state index contributed by atoms with van der Waals surface area (Å²) in [5.41, 5.74) is 0.803. The van der Waals surface area contributed by atoms with Crippen molar-refractivity contribution in [3.8, 4) is 0 Å². The number of amides is 4. The summed E-state index contributed by atoms with van der Waals surface area (Å²) >= 11 is 0. The van der Waals surface area contributed by atoms with Gasteiger partial charge >= 0.3 is 5.97 Å². The van der Waals surface area contributed by atoms with Crippen LogP contribution < -0.4 is 10.6 Å². The van der Waals surface area contributed by atoms with Crippen LogP contribution in [-0.4, -0.2) is 84.3 Å². The molecule has 0 aromatic heterocycles. The van der Waals surface area contributed by atoms with Crippen molar-refractivity contribution in [3.05, 3.63) is 61.2 Å². The maximum Gasteiger partial charge on any atom is 0.328 e. The van der Waals surface area contributed by atoms with Gasteiger partial charge in [-0.25, -0.2) is 4.79 Å². The molecule has 0 spiro atoms. The van der Waals surface area contributed by atoms with E-state index in [1.54, 1.807) is 19.9 Å². The zero-order chi connectivity index (χ0) is 31.8. The molecule has 0 fully saturated rings. The van der Waals surface area contributed by atoms with Crippen LogP contribution in [0, 0.1) is 11.8 Å². The summed E-state index contributed by atoms with van der Waals surface area (Å²) < 4.78 is 5.02. The third-order valence-electron chi connectivity index (χ3n) is 6.70. The average molecular weight is 585 g/mol. The Hall–Kier alpha value is -3.95. The Labute approximate surface area is 250 Å². The number of carbonyl (C=O) groups excluding carboxylic acids is 5. The Bertz CT molecular complexity index is 1070. The molecular weight excluding hydrogens is 536 g/mol. The first-order valence-electron chi connectivity index (χ1n) is 14.3. The van der Waals surface area contributed by atoms with Crippen LogP contribution in [-0.2, 0) is 35.1 Å². The van der Waals surface area contributed by atoms with Gasteiger partial charge in [0.25, 0.3) is 0 Å². The van der Waals surface area contributed by atoms with E-state index in [1.807, 2.05) is 44.2 Å². The van der Waals surface area contributed by atoms with E-state index >= 15 is 0 Å². The lowest BCUT2D eigenvalue weighted by atomic mass is 9.98. The molecule has 0 unspecified atom stereocenters. The fourth-order valence-electron chi connectivity index (χ4n) is 4.48. The topological polar surface area (TPSA) is 125 Å². The fraction of sp³-hybridized carbons (Fsp3) is 0.531. The highest BCUT2D eigenvalue weighted by Gasteiger charge is 2.36. The SMILES string of the molecule is C=CCCN(CC(=O)N[C@H](C(=O)N[C@H](Cc1ccccc1)C(=O)N(CC=C)[C@@H](CC(C)C)C(=O)OC)C(C)C)C(C)=O. The van der Waals surface area contributed by atoms with Crippen molar-refractivity contribution in [2.75, 3.05) is 26.7 Å². The molecule has 0 saturated heterocycles. The van der Waals surface area contributed by atoms with Crippen LogP contribution in [0.25, 0.3) is 0 Å². The lowest BCUT2D eigenvalue weighted by Gasteiger charge is -2.34. The molecule has 0 aliphatic rings. The summed E-state index contributed by atoms with van der Waals surface area (Å²) in [5.74, 6) is -2.58. The van der Waals surface area contributed by atoms with Crippen LogP contribution in [0.3, 0.4) is 0 Å². The van der Waals surface area contributed by atoms with Crippen molar-refractivity contribution in [1.29, 1.82) is 0 Å². The van der Waals surface area contributed by atoms with E-state index < -0.39 is 41.8 Å². The minimum atomic E-state index is -1.04. The Morgan fingerprint density at radius 2 is 1.62 bits per heavy atom. The number of carbonyl (C=O) groups is 5.